The standard InChI is InChI=1S/C45H32/c1-45(2)41-18-10-9-13-35(41)40-28-33(25-26-42(40)45)30-19-22-31(23-20-30)43-36-14-5-7-16-38(36)44(39-17-8-6-15-37(39)43)34-24-21-29-11-3-4-12-32(29)27-34/h3-28H,1-2H3. The topological polar surface area (TPSA) is 0 Å². The highest BCUT2D eigenvalue weighted by Gasteiger charge is 2.35. The lowest BCUT2D eigenvalue weighted by atomic mass is 9.82. The van der Waals surface area contributed by atoms with Crippen molar-refractivity contribution in [2.24, 2.45) is 0 Å². The summed E-state index contributed by atoms with van der Waals surface area (Å²) in [5.41, 5.74) is 13.2. The number of benzene rings is 8. The summed E-state index contributed by atoms with van der Waals surface area (Å²) in [6, 6.07) is 58.4. The Labute approximate surface area is 264 Å². The summed E-state index contributed by atoms with van der Waals surface area (Å²) >= 11 is 0. The maximum absolute atomic E-state index is 2.39. The van der Waals surface area contributed by atoms with Crippen LogP contribution in [0, 0.1) is 0 Å². The third-order valence-electron chi connectivity index (χ3n) is 10.1. The highest BCUT2D eigenvalue weighted by Crippen LogP contribution is 2.50. The average Bonchev–Trinajstić information content (AvgIpc) is 3.32. The van der Waals surface area contributed by atoms with E-state index in [1.54, 1.807) is 0 Å². The van der Waals surface area contributed by atoms with Crippen molar-refractivity contribution in [2.75, 3.05) is 0 Å². The van der Waals surface area contributed by atoms with E-state index in [1.807, 2.05) is 0 Å². The summed E-state index contributed by atoms with van der Waals surface area (Å²) in [5.74, 6) is 0. The van der Waals surface area contributed by atoms with E-state index >= 15 is 0 Å². The van der Waals surface area contributed by atoms with E-state index in [2.05, 4.69) is 172 Å². The minimum absolute atomic E-state index is 0.0233. The Kier molecular flexibility index (Phi) is 5.64. The molecule has 8 aromatic rings. The number of hydrogen-bond donors (Lipinski definition) is 0. The van der Waals surface area contributed by atoms with Gasteiger partial charge >= 0.3 is 0 Å². The molecule has 212 valence electrons. The highest BCUT2D eigenvalue weighted by molar-refractivity contribution is 6.21. The van der Waals surface area contributed by atoms with Crippen LogP contribution in [0.4, 0.5) is 0 Å². The molecule has 0 atom stereocenters. The first kappa shape index (κ1) is 26.0. The normalized spacial score (nSPS) is 13.3. The van der Waals surface area contributed by atoms with Crippen LogP contribution >= 0.6 is 0 Å². The molecule has 0 bridgehead atoms. The van der Waals surface area contributed by atoms with Gasteiger partial charge in [-0.05, 0) is 100 Å². The van der Waals surface area contributed by atoms with Gasteiger partial charge in [-0.15, -0.1) is 0 Å². The third kappa shape index (κ3) is 3.92. The third-order valence-corrected chi connectivity index (χ3v) is 10.1. The number of fused-ring (bicyclic) bond motifs is 6. The van der Waals surface area contributed by atoms with Crippen LogP contribution in [0.15, 0.2) is 158 Å². The minimum atomic E-state index is 0.0233. The lowest BCUT2D eigenvalue weighted by Gasteiger charge is -2.21. The van der Waals surface area contributed by atoms with Gasteiger partial charge in [0.25, 0.3) is 0 Å². The Bertz CT molecular complexity index is 2380. The van der Waals surface area contributed by atoms with Gasteiger partial charge in [-0.1, -0.05) is 159 Å². The molecule has 1 aliphatic carbocycles. The molecule has 0 aromatic heterocycles. The molecule has 0 aliphatic heterocycles. The molecule has 0 saturated heterocycles. The fourth-order valence-corrected chi connectivity index (χ4v) is 7.82. The molecule has 8 aromatic carbocycles. The summed E-state index contributed by atoms with van der Waals surface area (Å²) < 4.78 is 0. The molecule has 0 spiro atoms. The van der Waals surface area contributed by atoms with Crippen molar-refractivity contribution in [2.45, 2.75) is 19.3 Å². The molecular formula is C45H32. The molecule has 0 N–H and O–H groups in total. The quantitative estimate of drug-likeness (QED) is 0.185. The van der Waals surface area contributed by atoms with Crippen molar-refractivity contribution in [1.82, 2.24) is 0 Å². The van der Waals surface area contributed by atoms with Gasteiger partial charge in [0, 0.05) is 5.41 Å². The lowest BCUT2D eigenvalue weighted by molar-refractivity contribution is 0.660. The fourth-order valence-electron chi connectivity index (χ4n) is 7.82. The van der Waals surface area contributed by atoms with Crippen molar-refractivity contribution in [3.8, 4) is 44.5 Å². The van der Waals surface area contributed by atoms with Crippen molar-refractivity contribution in [3.63, 3.8) is 0 Å². The minimum Gasteiger partial charge on any atom is -0.0619 e. The first-order chi connectivity index (χ1) is 22.1. The van der Waals surface area contributed by atoms with Crippen LogP contribution in [0.1, 0.15) is 25.0 Å². The molecule has 0 heterocycles. The molecule has 9 rings (SSSR count). The predicted octanol–water partition coefficient (Wildman–Crippen LogP) is 12.5. The first-order valence-electron chi connectivity index (χ1n) is 15.9. The summed E-state index contributed by atoms with van der Waals surface area (Å²) in [6.45, 7) is 4.68. The van der Waals surface area contributed by atoms with Gasteiger partial charge in [0.1, 0.15) is 0 Å². The van der Waals surface area contributed by atoms with Gasteiger partial charge in [0.15, 0.2) is 0 Å². The molecule has 0 saturated carbocycles. The Balaban J connectivity index is 1.20. The Morgan fingerprint density at radius 1 is 0.333 bits per heavy atom. The van der Waals surface area contributed by atoms with Crippen LogP contribution in [-0.2, 0) is 5.41 Å². The molecule has 0 heteroatoms. The van der Waals surface area contributed by atoms with E-state index in [0.29, 0.717) is 0 Å². The second-order valence-corrected chi connectivity index (χ2v) is 12.9. The van der Waals surface area contributed by atoms with Gasteiger partial charge in [0.2, 0.25) is 0 Å². The van der Waals surface area contributed by atoms with Crippen molar-refractivity contribution in [3.05, 3.63) is 169 Å². The molecule has 45 heavy (non-hydrogen) atoms. The zero-order chi connectivity index (χ0) is 30.1. The van der Waals surface area contributed by atoms with Crippen LogP contribution in [-0.4, -0.2) is 0 Å². The van der Waals surface area contributed by atoms with Crippen molar-refractivity contribution >= 4 is 32.3 Å². The summed E-state index contributed by atoms with van der Waals surface area (Å²) in [5, 5.41) is 7.66. The summed E-state index contributed by atoms with van der Waals surface area (Å²) in [6.07, 6.45) is 0. The second-order valence-electron chi connectivity index (χ2n) is 12.9. The van der Waals surface area contributed by atoms with E-state index in [-0.39, 0.29) is 5.41 Å². The maximum Gasteiger partial charge on any atom is 0.0158 e. The van der Waals surface area contributed by atoms with E-state index < -0.39 is 0 Å². The van der Waals surface area contributed by atoms with Gasteiger partial charge < -0.3 is 0 Å². The van der Waals surface area contributed by atoms with E-state index in [9.17, 15) is 0 Å². The predicted molar refractivity (Wildman–Crippen MR) is 193 cm³/mol. The van der Waals surface area contributed by atoms with Gasteiger partial charge in [-0.25, -0.2) is 0 Å². The molecule has 0 fully saturated rings. The van der Waals surface area contributed by atoms with Crippen LogP contribution in [0.3, 0.4) is 0 Å². The number of hydrogen-bond acceptors (Lipinski definition) is 0. The maximum atomic E-state index is 2.39. The molecule has 0 radical (unpaired) electrons. The Hall–Kier alpha value is -5.46. The van der Waals surface area contributed by atoms with Crippen LogP contribution < -0.4 is 0 Å². The zero-order valence-electron chi connectivity index (χ0n) is 25.5. The van der Waals surface area contributed by atoms with Crippen molar-refractivity contribution in [1.29, 1.82) is 0 Å². The fraction of sp³-hybridized carbons (Fsp3) is 0.0667. The molecule has 0 amide bonds. The van der Waals surface area contributed by atoms with Gasteiger partial charge in [0.05, 0.1) is 0 Å². The SMILES string of the molecule is CC1(C)c2ccccc2-c2cc(-c3ccc(-c4c5ccccc5c(-c5ccc6ccccc6c5)c5ccccc45)cc3)ccc21. The van der Waals surface area contributed by atoms with Crippen LogP contribution in [0.25, 0.3) is 76.8 Å². The molecular weight excluding hydrogens is 540 g/mol. The van der Waals surface area contributed by atoms with E-state index in [0.717, 1.165) is 0 Å². The first-order valence-corrected chi connectivity index (χ1v) is 15.9. The highest BCUT2D eigenvalue weighted by atomic mass is 14.4. The Morgan fingerprint density at radius 2 is 0.822 bits per heavy atom. The lowest BCUT2D eigenvalue weighted by Crippen LogP contribution is -2.14. The average molecular weight is 573 g/mol. The molecule has 0 unspecified atom stereocenters. The van der Waals surface area contributed by atoms with Gasteiger partial charge in [-0.2, -0.15) is 0 Å². The zero-order valence-corrected chi connectivity index (χ0v) is 25.5. The summed E-state index contributed by atoms with van der Waals surface area (Å²) in [4.78, 5) is 0. The summed E-state index contributed by atoms with van der Waals surface area (Å²) in [7, 11) is 0. The van der Waals surface area contributed by atoms with Gasteiger partial charge in [-0.3, -0.25) is 0 Å². The van der Waals surface area contributed by atoms with Crippen molar-refractivity contribution < 1.29 is 0 Å². The molecule has 1 aliphatic rings. The second kappa shape index (κ2) is 9.78. The number of rotatable bonds is 3. The Morgan fingerprint density at radius 3 is 1.51 bits per heavy atom. The molecule has 0 nitrogen and oxygen atoms in total. The van der Waals surface area contributed by atoms with Crippen LogP contribution in [0.5, 0.6) is 0 Å². The van der Waals surface area contributed by atoms with Crippen LogP contribution in [0.2, 0.25) is 0 Å². The van der Waals surface area contributed by atoms with E-state index in [1.165, 1.54) is 88.0 Å². The largest absolute Gasteiger partial charge is 0.0619 e. The smallest absolute Gasteiger partial charge is 0.0158 e. The van der Waals surface area contributed by atoms with E-state index in [4.69, 9.17) is 0 Å². The monoisotopic (exact) mass is 572 g/mol.